The summed E-state index contributed by atoms with van der Waals surface area (Å²) in [4.78, 5) is 14.9. The molecule has 2 rings (SSSR count). The van der Waals surface area contributed by atoms with Gasteiger partial charge in [0.1, 0.15) is 10.6 Å². The van der Waals surface area contributed by atoms with E-state index in [9.17, 15) is 0 Å². The zero-order valence-electron chi connectivity index (χ0n) is 13.4. The van der Waals surface area contributed by atoms with Crippen LogP contribution < -0.4 is 10.2 Å². The molecule has 5 nitrogen and oxygen atoms in total. The Morgan fingerprint density at radius 3 is 2.67 bits per heavy atom. The fraction of sp³-hybridized carbons (Fsp3) is 0.600. The average Bonchev–Trinajstić information content (AvgIpc) is 2.91. The minimum Gasteiger partial charge on any atom is -0.356 e. The van der Waals surface area contributed by atoms with Gasteiger partial charge in [-0.25, -0.2) is 4.98 Å². The molecular formula is C15H25N5S. The van der Waals surface area contributed by atoms with Crippen molar-refractivity contribution in [2.24, 2.45) is 0 Å². The van der Waals surface area contributed by atoms with Crippen LogP contribution in [0.3, 0.4) is 0 Å². The number of nitrogens with zero attached hydrogens (tertiary/aromatic N) is 4. The van der Waals surface area contributed by atoms with Crippen LogP contribution in [0.4, 0.5) is 11.8 Å². The number of fused-ring (bicyclic) bond motifs is 1. The summed E-state index contributed by atoms with van der Waals surface area (Å²) in [6.07, 6.45) is 1.13. The van der Waals surface area contributed by atoms with Gasteiger partial charge in [0.25, 0.3) is 0 Å². The second-order valence-corrected chi connectivity index (χ2v) is 6.17. The van der Waals surface area contributed by atoms with Crippen LogP contribution >= 0.6 is 11.3 Å². The van der Waals surface area contributed by atoms with E-state index < -0.39 is 0 Å². The lowest BCUT2D eigenvalue weighted by atomic mass is 10.3. The van der Waals surface area contributed by atoms with Crippen molar-refractivity contribution in [1.82, 2.24) is 14.9 Å². The Labute approximate surface area is 131 Å². The summed E-state index contributed by atoms with van der Waals surface area (Å²) in [6, 6.07) is 2.12. The summed E-state index contributed by atoms with van der Waals surface area (Å²) in [7, 11) is 4.22. The summed E-state index contributed by atoms with van der Waals surface area (Å²) < 4.78 is 0. The number of hydrogen-bond acceptors (Lipinski definition) is 6. The molecule has 0 fully saturated rings. The average molecular weight is 307 g/mol. The molecule has 0 spiro atoms. The summed E-state index contributed by atoms with van der Waals surface area (Å²) in [6.45, 7) is 8.15. The molecule has 0 radical (unpaired) electrons. The van der Waals surface area contributed by atoms with Crippen LogP contribution in [0.25, 0.3) is 10.2 Å². The Kier molecular flexibility index (Phi) is 5.76. The lowest BCUT2D eigenvalue weighted by Gasteiger charge is -2.24. The lowest BCUT2D eigenvalue weighted by molar-refractivity contribution is 0.400. The first-order valence-electron chi connectivity index (χ1n) is 7.54. The Bertz CT molecular complexity index is 566. The lowest BCUT2D eigenvalue weighted by Crippen LogP contribution is -2.28. The molecule has 0 amide bonds. The molecule has 0 aliphatic heterocycles. The van der Waals surface area contributed by atoms with Gasteiger partial charge >= 0.3 is 0 Å². The van der Waals surface area contributed by atoms with Crippen LogP contribution in [0.2, 0.25) is 0 Å². The molecule has 6 heteroatoms. The predicted octanol–water partition coefficient (Wildman–Crippen LogP) is 2.90. The van der Waals surface area contributed by atoms with Gasteiger partial charge in [-0.3, -0.25) is 0 Å². The highest BCUT2D eigenvalue weighted by Gasteiger charge is 2.14. The second-order valence-electron chi connectivity index (χ2n) is 5.28. The fourth-order valence-corrected chi connectivity index (χ4v) is 3.07. The summed E-state index contributed by atoms with van der Waals surface area (Å²) >= 11 is 1.67. The van der Waals surface area contributed by atoms with Crippen molar-refractivity contribution < 1.29 is 0 Å². The SMILES string of the molecule is CCNc1nc(N(CC)CCCN(C)C)c2ccsc2n1. The van der Waals surface area contributed by atoms with Gasteiger partial charge in [-0.15, -0.1) is 11.3 Å². The highest BCUT2D eigenvalue weighted by molar-refractivity contribution is 7.16. The van der Waals surface area contributed by atoms with Crippen LogP contribution in [0.5, 0.6) is 0 Å². The first-order valence-corrected chi connectivity index (χ1v) is 8.42. The molecule has 0 bridgehead atoms. The van der Waals surface area contributed by atoms with Crippen molar-refractivity contribution in [1.29, 1.82) is 0 Å². The Morgan fingerprint density at radius 2 is 2.00 bits per heavy atom. The van der Waals surface area contributed by atoms with Crippen LogP contribution in [-0.4, -0.2) is 55.1 Å². The predicted molar refractivity (Wildman–Crippen MR) is 92.6 cm³/mol. The number of nitrogens with one attached hydrogen (secondary N) is 1. The third kappa shape index (κ3) is 4.04. The molecule has 1 N–H and O–H groups in total. The quantitative estimate of drug-likeness (QED) is 0.812. The van der Waals surface area contributed by atoms with Crippen molar-refractivity contribution in [2.75, 3.05) is 50.5 Å². The van der Waals surface area contributed by atoms with Crippen molar-refractivity contribution in [3.05, 3.63) is 11.4 Å². The van der Waals surface area contributed by atoms with E-state index in [1.54, 1.807) is 11.3 Å². The third-order valence-corrected chi connectivity index (χ3v) is 4.16. The van der Waals surface area contributed by atoms with E-state index in [1.807, 2.05) is 0 Å². The molecule has 116 valence electrons. The first kappa shape index (κ1) is 16.0. The van der Waals surface area contributed by atoms with E-state index in [0.717, 1.165) is 54.6 Å². The molecule has 0 saturated carbocycles. The number of anilines is 2. The van der Waals surface area contributed by atoms with Gasteiger partial charge in [0.05, 0.1) is 5.39 Å². The maximum Gasteiger partial charge on any atom is 0.226 e. The van der Waals surface area contributed by atoms with Crippen molar-refractivity contribution in [3.63, 3.8) is 0 Å². The maximum atomic E-state index is 4.73. The molecule has 21 heavy (non-hydrogen) atoms. The normalized spacial score (nSPS) is 11.3. The van der Waals surface area contributed by atoms with Gasteiger partial charge in [-0.05, 0) is 52.4 Å². The standard InChI is InChI=1S/C15H25N5S/c1-5-16-15-17-13(12-8-11-21-14(12)18-15)20(6-2)10-7-9-19(3)4/h8,11H,5-7,9-10H2,1-4H3,(H,16,17,18). The zero-order valence-corrected chi connectivity index (χ0v) is 14.2. The van der Waals surface area contributed by atoms with Gasteiger partial charge in [-0.1, -0.05) is 0 Å². The van der Waals surface area contributed by atoms with Gasteiger partial charge < -0.3 is 15.1 Å². The third-order valence-electron chi connectivity index (χ3n) is 3.35. The Balaban J connectivity index is 2.25. The van der Waals surface area contributed by atoms with Gasteiger partial charge in [-0.2, -0.15) is 4.98 Å². The van der Waals surface area contributed by atoms with Crippen molar-refractivity contribution >= 4 is 33.3 Å². The molecule has 2 aromatic rings. The van der Waals surface area contributed by atoms with Crippen LogP contribution in [0.15, 0.2) is 11.4 Å². The monoisotopic (exact) mass is 307 g/mol. The number of thiophene rings is 1. The Morgan fingerprint density at radius 1 is 1.19 bits per heavy atom. The van der Waals surface area contributed by atoms with Crippen molar-refractivity contribution in [3.8, 4) is 0 Å². The minimum atomic E-state index is 0.730. The summed E-state index contributed by atoms with van der Waals surface area (Å²) in [5, 5.41) is 6.48. The smallest absolute Gasteiger partial charge is 0.226 e. The van der Waals surface area contributed by atoms with E-state index in [0.29, 0.717) is 0 Å². The van der Waals surface area contributed by atoms with Crippen LogP contribution in [0.1, 0.15) is 20.3 Å². The molecule has 0 aliphatic rings. The van der Waals surface area contributed by atoms with Gasteiger partial charge in [0.15, 0.2) is 0 Å². The zero-order chi connectivity index (χ0) is 15.2. The largest absolute Gasteiger partial charge is 0.356 e. The van der Waals surface area contributed by atoms with E-state index in [-0.39, 0.29) is 0 Å². The molecule has 0 atom stereocenters. The fourth-order valence-electron chi connectivity index (χ4n) is 2.31. The second kappa shape index (κ2) is 7.56. The first-order chi connectivity index (χ1) is 10.2. The molecule has 2 heterocycles. The van der Waals surface area contributed by atoms with Crippen molar-refractivity contribution in [2.45, 2.75) is 20.3 Å². The van der Waals surface area contributed by atoms with Crippen LogP contribution in [0, 0.1) is 0 Å². The number of rotatable bonds is 8. The van der Waals surface area contributed by atoms with E-state index in [4.69, 9.17) is 4.98 Å². The number of aromatic nitrogens is 2. The Hall–Kier alpha value is -1.40. The van der Waals surface area contributed by atoms with Gasteiger partial charge in [0.2, 0.25) is 5.95 Å². The van der Waals surface area contributed by atoms with Crippen LogP contribution in [-0.2, 0) is 0 Å². The van der Waals surface area contributed by atoms with E-state index >= 15 is 0 Å². The summed E-state index contributed by atoms with van der Waals surface area (Å²) in [5.41, 5.74) is 0. The molecule has 0 saturated heterocycles. The molecule has 0 aliphatic carbocycles. The van der Waals surface area contributed by atoms with Gasteiger partial charge in [0, 0.05) is 19.6 Å². The summed E-state index contributed by atoms with van der Waals surface area (Å²) in [5.74, 6) is 1.78. The van der Waals surface area contributed by atoms with E-state index in [1.165, 1.54) is 0 Å². The highest BCUT2D eigenvalue weighted by atomic mass is 32.1. The van der Waals surface area contributed by atoms with E-state index in [2.05, 4.69) is 59.5 Å². The molecule has 0 unspecified atom stereocenters. The maximum absolute atomic E-state index is 4.73. The molecule has 2 aromatic heterocycles. The number of hydrogen-bond donors (Lipinski definition) is 1. The highest BCUT2D eigenvalue weighted by Crippen LogP contribution is 2.29. The molecule has 0 aromatic carbocycles. The topological polar surface area (TPSA) is 44.3 Å². The molecular weight excluding hydrogens is 282 g/mol. The minimum absolute atomic E-state index is 0.730.